The second kappa shape index (κ2) is 6.78. The van der Waals surface area contributed by atoms with E-state index in [0.29, 0.717) is 24.1 Å². The minimum Gasteiger partial charge on any atom is -0.465 e. The van der Waals surface area contributed by atoms with Crippen molar-refractivity contribution in [2.75, 3.05) is 6.61 Å². The number of Topliss-reactive ketones (excluding diaryl/α,β-unsaturated/α-hetero) is 1. The smallest absolute Gasteiger partial charge is 0.315 e. The molecule has 0 fully saturated rings. The highest BCUT2D eigenvalue weighted by atomic mass is 19.1. The van der Waals surface area contributed by atoms with Crippen LogP contribution in [-0.2, 0) is 14.3 Å². The van der Waals surface area contributed by atoms with Crippen molar-refractivity contribution >= 4 is 17.5 Å². The van der Waals surface area contributed by atoms with Gasteiger partial charge in [0.2, 0.25) is 0 Å². The van der Waals surface area contributed by atoms with E-state index in [1.165, 1.54) is 12.1 Å². The van der Waals surface area contributed by atoms with E-state index in [2.05, 4.69) is 4.99 Å². The molecule has 1 aliphatic carbocycles. The van der Waals surface area contributed by atoms with E-state index < -0.39 is 17.8 Å². The summed E-state index contributed by atoms with van der Waals surface area (Å²) >= 11 is 0. The molecule has 0 saturated heterocycles. The molecule has 1 aliphatic heterocycles. The quantitative estimate of drug-likeness (QED) is 0.762. The number of allylic oxidation sites excluding steroid dienone is 2. The Balaban J connectivity index is 2.16. The van der Waals surface area contributed by atoms with E-state index in [1.54, 1.807) is 26.0 Å². The zero-order chi connectivity index (χ0) is 19.1. The van der Waals surface area contributed by atoms with E-state index in [4.69, 9.17) is 4.74 Å². The molecule has 3 rings (SSSR count). The maximum atomic E-state index is 13.4. The van der Waals surface area contributed by atoms with Gasteiger partial charge < -0.3 is 4.74 Å². The molecule has 2 atom stereocenters. The highest BCUT2D eigenvalue weighted by Crippen LogP contribution is 2.47. The summed E-state index contributed by atoms with van der Waals surface area (Å²) in [4.78, 5) is 30.3. The number of benzene rings is 1. The van der Waals surface area contributed by atoms with E-state index in [1.807, 2.05) is 13.8 Å². The second-order valence-corrected chi connectivity index (χ2v) is 7.81. The third-order valence-corrected chi connectivity index (χ3v) is 5.07. The lowest BCUT2D eigenvalue weighted by Crippen LogP contribution is -2.39. The van der Waals surface area contributed by atoms with Gasteiger partial charge in [-0.25, -0.2) is 4.39 Å². The number of ketones is 1. The van der Waals surface area contributed by atoms with Crippen LogP contribution in [0, 0.1) is 17.2 Å². The lowest BCUT2D eigenvalue weighted by Gasteiger charge is -2.38. The van der Waals surface area contributed by atoms with Crippen LogP contribution in [0.15, 0.2) is 40.5 Å². The first kappa shape index (κ1) is 18.5. The van der Waals surface area contributed by atoms with Gasteiger partial charge >= 0.3 is 5.97 Å². The van der Waals surface area contributed by atoms with Crippen LogP contribution in [0.2, 0.25) is 0 Å². The van der Waals surface area contributed by atoms with Gasteiger partial charge in [0.1, 0.15) is 11.7 Å². The van der Waals surface area contributed by atoms with Crippen LogP contribution in [0.25, 0.3) is 0 Å². The third kappa shape index (κ3) is 3.35. The summed E-state index contributed by atoms with van der Waals surface area (Å²) in [6.07, 6.45) is 1.09. The Kier molecular flexibility index (Phi) is 4.82. The molecule has 5 heteroatoms. The first-order chi connectivity index (χ1) is 12.2. The summed E-state index contributed by atoms with van der Waals surface area (Å²) < 4.78 is 18.7. The minimum absolute atomic E-state index is 0.0103. The Morgan fingerprint density at radius 1 is 1.27 bits per heavy atom. The number of hydrogen-bond donors (Lipinski definition) is 0. The summed E-state index contributed by atoms with van der Waals surface area (Å²) in [6, 6.07) is 6.00. The standard InChI is InChI=1S/C21H24FNO3/c1-5-26-20(25)17-12(2)23-15-10-21(3,4)11-16(24)19(15)18(17)13-6-8-14(22)9-7-13/h6-9,17-18H,5,10-11H2,1-4H3/t17?,18-/m1/s1. The second-order valence-electron chi connectivity index (χ2n) is 7.81. The van der Waals surface area contributed by atoms with Crippen molar-refractivity contribution in [1.82, 2.24) is 0 Å². The van der Waals surface area contributed by atoms with Gasteiger partial charge in [0.15, 0.2) is 5.78 Å². The van der Waals surface area contributed by atoms with Gasteiger partial charge in [-0.1, -0.05) is 26.0 Å². The molecule has 0 radical (unpaired) electrons. The lowest BCUT2D eigenvalue weighted by atomic mass is 9.67. The number of hydrogen-bond acceptors (Lipinski definition) is 4. The molecule has 0 aromatic heterocycles. The van der Waals surface area contributed by atoms with Crippen molar-refractivity contribution in [1.29, 1.82) is 0 Å². The molecule has 0 N–H and O–H groups in total. The zero-order valence-electron chi connectivity index (χ0n) is 15.6. The predicted octanol–water partition coefficient (Wildman–Crippen LogP) is 4.21. The van der Waals surface area contributed by atoms with Gasteiger partial charge in [-0.05, 0) is 43.4 Å². The van der Waals surface area contributed by atoms with E-state index in [0.717, 1.165) is 11.3 Å². The maximum Gasteiger partial charge on any atom is 0.315 e. The van der Waals surface area contributed by atoms with Crippen molar-refractivity contribution in [2.24, 2.45) is 16.3 Å². The van der Waals surface area contributed by atoms with Crippen molar-refractivity contribution in [2.45, 2.75) is 46.5 Å². The number of rotatable bonds is 3. The topological polar surface area (TPSA) is 55.7 Å². The predicted molar refractivity (Wildman–Crippen MR) is 97.4 cm³/mol. The molecule has 2 aliphatic rings. The first-order valence-electron chi connectivity index (χ1n) is 8.97. The van der Waals surface area contributed by atoms with E-state index >= 15 is 0 Å². The highest BCUT2D eigenvalue weighted by molar-refractivity contribution is 6.09. The molecule has 4 nitrogen and oxygen atoms in total. The molecule has 1 aromatic carbocycles. The summed E-state index contributed by atoms with van der Waals surface area (Å²) in [7, 11) is 0. The Morgan fingerprint density at radius 3 is 2.54 bits per heavy atom. The van der Waals surface area contributed by atoms with Crippen molar-refractivity contribution in [3.63, 3.8) is 0 Å². The van der Waals surface area contributed by atoms with Gasteiger partial charge in [0, 0.05) is 29.3 Å². The number of esters is 1. The van der Waals surface area contributed by atoms with Crippen LogP contribution in [0.5, 0.6) is 0 Å². The van der Waals surface area contributed by atoms with Crippen LogP contribution in [0.3, 0.4) is 0 Å². The molecule has 1 aromatic rings. The molecule has 0 spiro atoms. The monoisotopic (exact) mass is 357 g/mol. The number of carbonyl (C=O) groups excluding carboxylic acids is 2. The number of carbonyl (C=O) groups is 2. The van der Waals surface area contributed by atoms with Gasteiger partial charge in [-0.15, -0.1) is 0 Å². The van der Waals surface area contributed by atoms with Gasteiger partial charge in [0.25, 0.3) is 0 Å². The molecule has 26 heavy (non-hydrogen) atoms. The number of nitrogens with zero attached hydrogens (tertiary/aromatic N) is 1. The van der Waals surface area contributed by atoms with Crippen molar-refractivity contribution in [3.05, 3.63) is 46.9 Å². The van der Waals surface area contributed by atoms with Crippen LogP contribution in [-0.4, -0.2) is 24.1 Å². The Labute approximate surface area is 153 Å². The van der Waals surface area contributed by atoms with Crippen molar-refractivity contribution in [3.8, 4) is 0 Å². The van der Waals surface area contributed by atoms with Gasteiger partial charge in [-0.2, -0.15) is 0 Å². The molecular formula is C21H24FNO3. The largest absolute Gasteiger partial charge is 0.465 e. The van der Waals surface area contributed by atoms with E-state index in [9.17, 15) is 14.0 Å². The number of aliphatic imine (C=N–C) groups is 1. The van der Waals surface area contributed by atoms with E-state index in [-0.39, 0.29) is 23.6 Å². The Hall–Kier alpha value is -2.30. The Morgan fingerprint density at radius 2 is 1.92 bits per heavy atom. The normalized spacial score (nSPS) is 24.8. The lowest BCUT2D eigenvalue weighted by molar-refractivity contribution is -0.146. The maximum absolute atomic E-state index is 13.4. The first-order valence-corrected chi connectivity index (χ1v) is 8.97. The van der Waals surface area contributed by atoms with Crippen molar-refractivity contribution < 1.29 is 18.7 Å². The molecular weight excluding hydrogens is 333 g/mol. The summed E-state index contributed by atoms with van der Waals surface area (Å²) in [5.74, 6) is -1.88. The molecule has 138 valence electrons. The average Bonchev–Trinajstić information content (AvgIpc) is 2.53. The molecule has 1 heterocycles. The molecule has 0 amide bonds. The Bertz CT molecular complexity index is 805. The van der Waals surface area contributed by atoms with Gasteiger partial charge in [-0.3, -0.25) is 14.6 Å². The zero-order valence-corrected chi connectivity index (χ0v) is 15.6. The molecule has 0 saturated carbocycles. The number of halogens is 1. The fourth-order valence-corrected chi connectivity index (χ4v) is 4.01. The van der Waals surface area contributed by atoms with Crippen LogP contribution in [0.4, 0.5) is 4.39 Å². The summed E-state index contributed by atoms with van der Waals surface area (Å²) in [5.41, 5.74) is 2.54. The minimum atomic E-state index is -0.663. The van der Waals surface area contributed by atoms with Gasteiger partial charge in [0.05, 0.1) is 6.61 Å². The third-order valence-electron chi connectivity index (χ3n) is 5.07. The van der Waals surface area contributed by atoms with Crippen LogP contribution >= 0.6 is 0 Å². The fourth-order valence-electron chi connectivity index (χ4n) is 4.01. The summed E-state index contributed by atoms with van der Waals surface area (Å²) in [6.45, 7) is 7.90. The van der Waals surface area contributed by atoms with Crippen LogP contribution in [0.1, 0.15) is 52.0 Å². The molecule has 1 unspecified atom stereocenters. The van der Waals surface area contributed by atoms with Crippen LogP contribution < -0.4 is 0 Å². The average molecular weight is 357 g/mol. The number of ether oxygens (including phenoxy) is 1. The fraction of sp³-hybridized carbons (Fsp3) is 0.476. The summed E-state index contributed by atoms with van der Waals surface area (Å²) in [5, 5.41) is 0. The highest BCUT2D eigenvalue weighted by Gasteiger charge is 2.45. The SMILES string of the molecule is CCOC(=O)C1C(C)=NC2=C(C(=O)CC(C)(C)C2)[C@@H]1c1ccc(F)cc1. The molecule has 0 bridgehead atoms.